The molecule has 0 bridgehead atoms. The summed E-state index contributed by atoms with van der Waals surface area (Å²) in [4.78, 5) is 17.2. The van der Waals surface area contributed by atoms with Crippen LogP contribution < -0.4 is 14.8 Å². The zero-order valence-electron chi connectivity index (χ0n) is 18.0. The predicted octanol–water partition coefficient (Wildman–Crippen LogP) is 5.93. The maximum absolute atomic E-state index is 12.6. The Kier molecular flexibility index (Phi) is 7.29. The van der Waals surface area contributed by atoms with Crippen LogP contribution in [0.1, 0.15) is 16.8 Å². The molecule has 0 unspecified atom stereocenters. The fourth-order valence-electron chi connectivity index (χ4n) is 3.44. The third-order valence-electron chi connectivity index (χ3n) is 4.96. The van der Waals surface area contributed by atoms with Gasteiger partial charge in [0.1, 0.15) is 11.5 Å². The molecule has 0 saturated carbocycles. The maximum Gasteiger partial charge on any atom is 0.230 e. The van der Waals surface area contributed by atoms with Gasteiger partial charge in [-0.1, -0.05) is 42.5 Å². The van der Waals surface area contributed by atoms with E-state index < -0.39 is 0 Å². The maximum atomic E-state index is 12.6. The van der Waals surface area contributed by atoms with Gasteiger partial charge in [0.05, 0.1) is 26.3 Å². The lowest BCUT2D eigenvalue weighted by molar-refractivity contribution is -0.115. The molecule has 164 valence electrons. The Morgan fingerprint density at radius 1 is 1.00 bits per heavy atom. The van der Waals surface area contributed by atoms with E-state index in [1.165, 1.54) is 11.3 Å². The van der Waals surface area contributed by atoms with E-state index in [4.69, 9.17) is 9.47 Å². The summed E-state index contributed by atoms with van der Waals surface area (Å²) in [6.45, 7) is 0. The lowest BCUT2D eigenvalue weighted by Crippen LogP contribution is -2.14. The number of thiazole rings is 1. The van der Waals surface area contributed by atoms with E-state index >= 15 is 0 Å². The summed E-state index contributed by atoms with van der Waals surface area (Å²) in [6.07, 6.45) is 0.322. The number of thioether (sulfide) groups is 1. The number of nitrogens with one attached hydrogen (secondary N) is 1. The number of hydrogen-bond acceptors (Lipinski definition) is 6. The molecule has 1 heterocycles. The molecule has 1 N–H and O–H groups in total. The van der Waals surface area contributed by atoms with Crippen LogP contribution in [0, 0.1) is 0 Å². The monoisotopic (exact) mass is 464 g/mol. The lowest BCUT2D eigenvalue weighted by Gasteiger charge is -2.08. The summed E-state index contributed by atoms with van der Waals surface area (Å²) in [5.74, 6) is 3.08. The van der Waals surface area contributed by atoms with Gasteiger partial charge in [-0.3, -0.25) is 4.79 Å². The van der Waals surface area contributed by atoms with Gasteiger partial charge >= 0.3 is 0 Å². The summed E-state index contributed by atoms with van der Waals surface area (Å²) in [6, 6.07) is 20.0. The normalized spacial score (nSPS) is 10.8. The second-order valence-corrected chi connectivity index (χ2v) is 9.06. The number of nitrogens with zero attached hydrogens (tertiary/aromatic N) is 1. The number of ether oxygens (including phenoxy) is 2. The summed E-state index contributed by atoms with van der Waals surface area (Å²) < 4.78 is 10.7. The van der Waals surface area contributed by atoms with Crippen LogP contribution in [0.5, 0.6) is 11.5 Å². The average molecular weight is 465 g/mol. The molecule has 3 aromatic carbocycles. The molecule has 0 aliphatic rings. The van der Waals surface area contributed by atoms with E-state index in [0.717, 1.165) is 50.6 Å². The Hall–Kier alpha value is -3.03. The smallest absolute Gasteiger partial charge is 0.230 e. The molecule has 7 heteroatoms. The number of hydrogen-bond donors (Lipinski definition) is 1. The van der Waals surface area contributed by atoms with Crippen molar-refractivity contribution < 1.29 is 14.3 Å². The molecular formula is C25H24N2O3S2. The lowest BCUT2D eigenvalue weighted by atomic mass is 10.0. The van der Waals surface area contributed by atoms with Gasteiger partial charge in [-0.2, -0.15) is 11.8 Å². The van der Waals surface area contributed by atoms with Crippen molar-refractivity contribution in [1.82, 2.24) is 4.98 Å². The zero-order valence-corrected chi connectivity index (χ0v) is 19.6. The van der Waals surface area contributed by atoms with Gasteiger partial charge in [-0.15, -0.1) is 11.3 Å². The highest BCUT2D eigenvalue weighted by molar-refractivity contribution is 7.97. The SMILES string of the molecule is COc1cc(CSCc2csc(NC(=O)Cc3cccc4ccccc34)n2)cc(OC)c1. The Morgan fingerprint density at radius 3 is 2.53 bits per heavy atom. The quantitative estimate of drug-likeness (QED) is 0.333. The number of carbonyl (C=O) groups excluding carboxylic acids is 1. The van der Waals surface area contributed by atoms with E-state index in [9.17, 15) is 4.79 Å². The third kappa shape index (κ3) is 5.60. The summed E-state index contributed by atoms with van der Waals surface area (Å²) in [5.41, 5.74) is 3.10. The van der Waals surface area contributed by atoms with Crippen LogP contribution in [0.2, 0.25) is 0 Å². The van der Waals surface area contributed by atoms with Gasteiger partial charge in [0.25, 0.3) is 0 Å². The van der Waals surface area contributed by atoms with Crippen LogP contribution in [0.4, 0.5) is 5.13 Å². The highest BCUT2D eigenvalue weighted by Crippen LogP contribution is 2.27. The number of amides is 1. The molecule has 1 amide bonds. The van der Waals surface area contributed by atoms with Gasteiger partial charge in [-0.05, 0) is 34.0 Å². The number of methoxy groups -OCH3 is 2. The number of benzene rings is 3. The van der Waals surface area contributed by atoms with Crippen LogP contribution in [0.3, 0.4) is 0 Å². The fourth-order valence-corrected chi connectivity index (χ4v) is 5.13. The predicted molar refractivity (Wildman–Crippen MR) is 133 cm³/mol. The molecular weight excluding hydrogens is 440 g/mol. The standard InChI is InChI=1S/C25H24N2O3S2/c1-29-21-10-17(11-22(13-21)30-2)14-31-15-20-16-32-25(26-20)27-24(28)12-19-8-5-7-18-6-3-4-9-23(18)19/h3-11,13,16H,12,14-15H2,1-2H3,(H,26,27,28). The van der Waals surface area contributed by atoms with E-state index in [1.807, 2.05) is 47.8 Å². The zero-order chi connectivity index (χ0) is 22.3. The van der Waals surface area contributed by atoms with Crippen molar-refractivity contribution >= 4 is 44.9 Å². The minimum atomic E-state index is -0.0571. The molecule has 0 aliphatic carbocycles. The van der Waals surface area contributed by atoms with E-state index in [2.05, 4.69) is 28.5 Å². The van der Waals surface area contributed by atoms with E-state index in [0.29, 0.717) is 11.6 Å². The van der Waals surface area contributed by atoms with Gasteiger partial charge in [0, 0.05) is 23.0 Å². The van der Waals surface area contributed by atoms with Crippen molar-refractivity contribution in [2.75, 3.05) is 19.5 Å². The minimum absolute atomic E-state index is 0.0571. The van der Waals surface area contributed by atoms with Crippen molar-refractivity contribution in [3.05, 3.63) is 82.9 Å². The first-order chi connectivity index (χ1) is 15.6. The second-order valence-electron chi connectivity index (χ2n) is 7.22. The summed E-state index contributed by atoms with van der Waals surface area (Å²) in [7, 11) is 3.30. The molecule has 0 atom stereocenters. The van der Waals surface area contributed by atoms with Crippen LogP contribution in [-0.2, 0) is 22.7 Å². The number of aromatic nitrogens is 1. The van der Waals surface area contributed by atoms with Crippen molar-refractivity contribution in [1.29, 1.82) is 0 Å². The van der Waals surface area contributed by atoms with Crippen LogP contribution in [-0.4, -0.2) is 25.1 Å². The minimum Gasteiger partial charge on any atom is -0.497 e. The number of carbonyl (C=O) groups is 1. The molecule has 4 rings (SSSR count). The van der Waals surface area contributed by atoms with Crippen molar-refractivity contribution in [3.8, 4) is 11.5 Å². The van der Waals surface area contributed by atoms with Crippen LogP contribution in [0.25, 0.3) is 10.8 Å². The van der Waals surface area contributed by atoms with Crippen molar-refractivity contribution in [2.24, 2.45) is 0 Å². The largest absolute Gasteiger partial charge is 0.497 e. The second kappa shape index (κ2) is 10.5. The van der Waals surface area contributed by atoms with Crippen LogP contribution >= 0.6 is 23.1 Å². The van der Waals surface area contributed by atoms with Crippen LogP contribution in [0.15, 0.2) is 66.0 Å². The fraction of sp³-hybridized carbons (Fsp3) is 0.200. The molecule has 0 radical (unpaired) electrons. The molecule has 0 spiro atoms. The Morgan fingerprint density at radius 2 is 1.75 bits per heavy atom. The molecule has 0 aliphatic heterocycles. The molecule has 5 nitrogen and oxygen atoms in total. The highest BCUT2D eigenvalue weighted by Gasteiger charge is 2.10. The first-order valence-electron chi connectivity index (χ1n) is 10.1. The Labute approximate surface area is 195 Å². The van der Waals surface area contributed by atoms with Crippen molar-refractivity contribution in [2.45, 2.75) is 17.9 Å². The Balaban J connectivity index is 1.31. The van der Waals surface area contributed by atoms with E-state index in [-0.39, 0.29) is 5.91 Å². The molecule has 0 saturated heterocycles. The van der Waals surface area contributed by atoms with Gasteiger partial charge < -0.3 is 14.8 Å². The summed E-state index contributed by atoms with van der Waals surface area (Å²) in [5, 5.41) is 7.81. The van der Waals surface area contributed by atoms with E-state index in [1.54, 1.807) is 26.0 Å². The summed E-state index contributed by atoms with van der Waals surface area (Å²) >= 11 is 3.21. The number of rotatable bonds is 9. The highest BCUT2D eigenvalue weighted by atomic mass is 32.2. The van der Waals surface area contributed by atoms with Crippen molar-refractivity contribution in [3.63, 3.8) is 0 Å². The average Bonchev–Trinajstić information content (AvgIpc) is 3.26. The first kappa shape index (κ1) is 22.2. The van der Waals surface area contributed by atoms with Gasteiger partial charge in [-0.25, -0.2) is 4.98 Å². The number of fused-ring (bicyclic) bond motifs is 1. The molecule has 0 fully saturated rings. The topological polar surface area (TPSA) is 60.5 Å². The Bertz CT molecular complexity index is 1200. The number of anilines is 1. The van der Waals surface area contributed by atoms with Gasteiger partial charge in [0.15, 0.2) is 5.13 Å². The molecule has 4 aromatic rings. The first-order valence-corrected chi connectivity index (χ1v) is 12.2. The third-order valence-corrected chi connectivity index (χ3v) is 6.80. The van der Waals surface area contributed by atoms with Gasteiger partial charge in [0.2, 0.25) is 5.91 Å². The molecule has 1 aromatic heterocycles. The molecule has 32 heavy (non-hydrogen) atoms.